The number of rotatable bonds is 2. The van der Waals surface area contributed by atoms with Gasteiger partial charge in [-0.25, -0.2) is 9.97 Å². The lowest BCUT2D eigenvalue weighted by molar-refractivity contribution is 1.18. The predicted octanol–water partition coefficient (Wildman–Crippen LogP) is 4.99. The highest BCUT2D eigenvalue weighted by atomic mass is 35.5. The summed E-state index contributed by atoms with van der Waals surface area (Å²) in [5.74, 6) is 0.688. The Morgan fingerprint density at radius 2 is 1.65 bits per heavy atom. The highest BCUT2D eigenvalue weighted by Crippen LogP contribution is 2.28. The molecule has 3 nitrogen and oxygen atoms in total. The third kappa shape index (κ3) is 2.55. The molecular weight excluding hydrogens is 293 g/mol. The van der Waals surface area contributed by atoms with E-state index in [1.165, 1.54) is 0 Å². The second-order valence-corrected chi connectivity index (χ2v) is 5.24. The van der Waals surface area contributed by atoms with Crippen LogP contribution in [-0.4, -0.2) is 9.97 Å². The van der Waals surface area contributed by atoms with Gasteiger partial charge in [0.2, 0.25) is 0 Å². The summed E-state index contributed by atoms with van der Waals surface area (Å²) in [5.41, 5.74) is 3.28. The number of halogens is 2. The van der Waals surface area contributed by atoms with Crippen LogP contribution in [0.2, 0.25) is 10.0 Å². The van der Waals surface area contributed by atoms with E-state index < -0.39 is 0 Å². The molecule has 2 aromatic carbocycles. The van der Waals surface area contributed by atoms with Crippen LogP contribution in [0.5, 0.6) is 0 Å². The van der Waals surface area contributed by atoms with E-state index in [0.29, 0.717) is 15.9 Å². The fraction of sp³-hybridized carbons (Fsp3) is 0.0667. The van der Waals surface area contributed by atoms with Crippen LogP contribution < -0.4 is 5.32 Å². The molecule has 0 radical (unpaired) electrons. The zero-order valence-electron chi connectivity index (χ0n) is 10.7. The Bertz CT molecular complexity index is 787. The summed E-state index contributed by atoms with van der Waals surface area (Å²) >= 11 is 12.0. The quantitative estimate of drug-likeness (QED) is 0.725. The lowest BCUT2D eigenvalue weighted by Crippen LogP contribution is -2.00. The Kier molecular flexibility index (Phi) is 3.47. The standard InChI is InChI=1S/C15H11Cl2N3/c1-9-15(19-12-7-6-10(16)8-11(12)17)20-14-5-3-2-4-13(14)18-9/h2-8H,1H3,(H,19,20). The van der Waals surface area contributed by atoms with Gasteiger partial charge in [-0.15, -0.1) is 0 Å². The maximum absolute atomic E-state index is 6.15. The molecule has 0 aliphatic carbocycles. The van der Waals surface area contributed by atoms with Gasteiger partial charge >= 0.3 is 0 Å². The Balaban J connectivity index is 2.03. The fourth-order valence-corrected chi connectivity index (χ4v) is 2.38. The minimum Gasteiger partial charge on any atom is -0.337 e. The minimum absolute atomic E-state index is 0.548. The smallest absolute Gasteiger partial charge is 0.152 e. The molecule has 20 heavy (non-hydrogen) atoms. The van der Waals surface area contributed by atoms with Crippen molar-refractivity contribution >= 4 is 45.7 Å². The van der Waals surface area contributed by atoms with E-state index in [2.05, 4.69) is 15.3 Å². The monoisotopic (exact) mass is 303 g/mol. The molecule has 1 N–H and O–H groups in total. The van der Waals surface area contributed by atoms with E-state index in [1.807, 2.05) is 37.3 Å². The van der Waals surface area contributed by atoms with Crippen LogP contribution in [0.3, 0.4) is 0 Å². The van der Waals surface area contributed by atoms with Gasteiger partial charge in [0, 0.05) is 5.02 Å². The van der Waals surface area contributed by atoms with Gasteiger partial charge in [-0.1, -0.05) is 35.3 Å². The summed E-state index contributed by atoms with van der Waals surface area (Å²) < 4.78 is 0. The zero-order valence-corrected chi connectivity index (χ0v) is 12.2. The Hall–Kier alpha value is -1.84. The molecule has 0 bridgehead atoms. The van der Waals surface area contributed by atoms with E-state index in [1.54, 1.807) is 12.1 Å². The van der Waals surface area contributed by atoms with Crippen molar-refractivity contribution in [2.75, 3.05) is 5.32 Å². The van der Waals surface area contributed by atoms with Gasteiger partial charge in [0.05, 0.1) is 27.4 Å². The maximum atomic E-state index is 6.15. The predicted molar refractivity (Wildman–Crippen MR) is 84.0 cm³/mol. The number of nitrogens with one attached hydrogen (secondary N) is 1. The molecule has 0 unspecified atom stereocenters. The highest BCUT2D eigenvalue weighted by Gasteiger charge is 2.07. The number of anilines is 2. The minimum atomic E-state index is 0.548. The van der Waals surface area contributed by atoms with Crippen LogP contribution in [-0.2, 0) is 0 Å². The van der Waals surface area contributed by atoms with Gasteiger partial charge in [0.1, 0.15) is 0 Å². The number of fused-ring (bicyclic) bond motifs is 1. The van der Waals surface area contributed by atoms with E-state index >= 15 is 0 Å². The summed E-state index contributed by atoms with van der Waals surface area (Å²) in [6.07, 6.45) is 0. The number of nitrogens with zero attached hydrogens (tertiary/aromatic N) is 2. The molecule has 3 rings (SSSR count). The molecule has 0 saturated heterocycles. The van der Waals surface area contributed by atoms with Crippen LogP contribution in [0.4, 0.5) is 11.5 Å². The molecule has 0 aliphatic heterocycles. The summed E-state index contributed by atoms with van der Waals surface area (Å²) in [6.45, 7) is 1.91. The van der Waals surface area contributed by atoms with Crippen molar-refractivity contribution in [2.45, 2.75) is 6.92 Å². The SMILES string of the molecule is Cc1nc2ccccc2nc1Nc1ccc(Cl)cc1Cl. The molecule has 0 atom stereocenters. The van der Waals surface area contributed by atoms with Gasteiger partial charge < -0.3 is 5.32 Å². The molecule has 0 aliphatic rings. The molecule has 0 saturated carbocycles. The van der Waals surface area contributed by atoms with Crippen molar-refractivity contribution in [3.05, 3.63) is 58.2 Å². The summed E-state index contributed by atoms with van der Waals surface area (Å²) in [5, 5.41) is 4.34. The van der Waals surface area contributed by atoms with Crippen molar-refractivity contribution in [3.8, 4) is 0 Å². The van der Waals surface area contributed by atoms with Crippen molar-refractivity contribution in [2.24, 2.45) is 0 Å². The van der Waals surface area contributed by atoms with E-state index in [-0.39, 0.29) is 0 Å². The number of benzene rings is 2. The number of hydrogen-bond donors (Lipinski definition) is 1. The molecular formula is C15H11Cl2N3. The average molecular weight is 304 g/mol. The number of para-hydroxylation sites is 2. The molecule has 0 spiro atoms. The van der Waals surface area contributed by atoms with Gasteiger partial charge in [0.15, 0.2) is 5.82 Å². The van der Waals surface area contributed by atoms with E-state index in [9.17, 15) is 0 Å². The van der Waals surface area contributed by atoms with Crippen LogP contribution in [0, 0.1) is 6.92 Å². The second kappa shape index (κ2) is 5.27. The first-order valence-corrected chi connectivity index (χ1v) is 6.84. The molecule has 5 heteroatoms. The Labute approximate surface area is 126 Å². The fourth-order valence-electron chi connectivity index (χ4n) is 1.93. The van der Waals surface area contributed by atoms with Gasteiger partial charge in [-0.2, -0.15) is 0 Å². The van der Waals surface area contributed by atoms with Crippen molar-refractivity contribution in [1.29, 1.82) is 0 Å². The van der Waals surface area contributed by atoms with Crippen molar-refractivity contribution in [1.82, 2.24) is 9.97 Å². The van der Waals surface area contributed by atoms with Crippen LogP contribution in [0.15, 0.2) is 42.5 Å². The lowest BCUT2D eigenvalue weighted by atomic mass is 10.2. The highest BCUT2D eigenvalue weighted by molar-refractivity contribution is 6.36. The number of aromatic nitrogens is 2. The normalized spacial score (nSPS) is 10.8. The Morgan fingerprint density at radius 3 is 2.35 bits per heavy atom. The lowest BCUT2D eigenvalue weighted by Gasteiger charge is -2.10. The molecule has 1 aromatic heterocycles. The van der Waals surface area contributed by atoms with E-state index in [4.69, 9.17) is 23.2 Å². The largest absolute Gasteiger partial charge is 0.337 e. The van der Waals surface area contributed by atoms with Crippen molar-refractivity contribution in [3.63, 3.8) is 0 Å². The molecule has 100 valence electrons. The number of hydrogen-bond acceptors (Lipinski definition) is 3. The third-order valence-corrected chi connectivity index (χ3v) is 3.48. The molecule has 0 fully saturated rings. The van der Waals surface area contributed by atoms with Crippen LogP contribution in [0.1, 0.15) is 5.69 Å². The summed E-state index contributed by atoms with van der Waals surface area (Å²) in [6, 6.07) is 13.0. The second-order valence-electron chi connectivity index (χ2n) is 4.40. The average Bonchev–Trinajstić information content (AvgIpc) is 2.42. The molecule has 3 aromatic rings. The van der Waals surface area contributed by atoms with Crippen molar-refractivity contribution < 1.29 is 0 Å². The van der Waals surface area contributed by atoms with E-state index in [0.717, 1.165) is 22.4 Å². The summed E-state index contributed by atoms with van der Waals surface area (Å²) in [7, 11) is 0. The van der Waals surface area contributed by atoms with Gasteiger partial charge in [-0.3, -0.25) is 0 Å². The third-order valence-electron chi connectivity index (χ3n) is 2.93. The zero-order chi connectivity index (χ0) is 14.1. The first-order valence-electron chi connectivity index (χ1n) is 6.09. The van der Waals surface area contributed by atoms with Crippen LogP contribution >= 0.6 is 23.2 Å². The molecule has 1 heterocycles. The summed E-state index contributed by atoms with van der Waals surface area (Å²) in [4.78, 5) is 9.09. The number of aryl methyl sites for hydroxylation is 1. The topological polar surface area (TPSA) is 37.8 Å². The van der Waals surface area contributed by atoms with Gasteiger partial charge in [0.25, 0.3) is 0 Å². The molecule has 0 amide bonds. The maximum Gasteiger partial charge on any atom is 0.152 e. The first kappa shape index (κ1) is 13.2. The van der Waals surface area contributed by atoms with Crippen LogP contribution in [0.25, 0.3) is 11.0 Å². The van der Waals surface area contributed by atoms with Gasteiger partial charge in [-0.05, 0) is 37.3 Å². The Morgan fingerprint density at radius 1 is 0.950 bits per heavy atom. The first-order chi connectivity index (χ1) is 9.63.